The van der Waals surface area contributed by atoms with E-state index in [1.165, 1.54) is 5.69 Å². The van der Waals surface area contributed by atoms with Gasteiger partial charge in [-0.05, 0) is 36.4 Å². The molecule has 1 saturated heterocycles. The van der Waals surface area contributed by atoms with Crippen LogP contribution in [0.4, 0.5) is 11.4 Å². The Bertz CT molecular complexity index is 1420. The minimum absolute atomic E-state index is 0.127. The standard InChI is InChI=1S/C25H22N6O/c32-25-23(19-4-2-1-3-5-20(19)29-25)24-27-21-7-6-18(16-22(21)28-24)31-14-12-30(13-15-31)17-8-10-26-11-9-17/h1-11,16H,12-15H2,(H,27,28)(H,29,32). The highest BCUT2D eigenvalue weighted by atomic mass is 16.1. The van der Waals surface area contributed by atoms with Crippen LogP contribution in [0.2, 0.25) is 0 Å². The van der Waals surface area contributed by atoms with Gasteiger partial charge in [0.2, 0.25) is 0 Å². The number of nitrogens with zero attached hydrogens (tertiary/aromatic N) is 4. The Labute approximate surface area is 184 Å². The summed E-state index contributed by atoms with van der Waals surface area (Å²) in [6.07, 6.45) is 3.68. The largest absolute Gasteiger partial charge is 0.368 e. The molecule has 1 aliphatic carbocycles. The van der Waals surface area contributed by atoms with Crippen molar-refractivity contribution in [3.05, 3.63) is 83.4 Å². The van der Waals surface area contributed by atoms with E-state index in [2.05, 4.69) is 49.0 Å². The molecular formula is C25H22N6O. The van der Waals surface area contributed by atoms with Gasteiger partial charge in [-0.2, -0.15) is 0 Å². The third kappa shape index (κ3) is 3.19. The van der Waals surface area contributed by atoms with Gasteiger partial charge in [0.25, 0.3) is 5.56 Å². The van der Waals surface area contributed by atoms with Crippen molar-refractivity contribution in [1.29, 1.82) is 0 Å². The van der Waals surface area contributed by atoms with E-state index in [0.29, 0.717) is 11.4 Å². The van der Waals surface area contributed by atoms with E-state index in [9.17, 15) is 4.79 Å². The minimum Gasteiger partial charge on any atom is -0.368 e. The number of pyridine rings is 1. The molecule has 32 heavy (non-hydrogen) atoms. The lowest BCUT2D eigenvalue weighted by molar-refractivity contribution is 0.653. The third-order valence-corrected chi connectivity index (χ3v) is 6.16. The van der Waals surface area contributed by atoms with Crippen LogP contribution in [0.3, 0.4) is 0 Å². The first-order chi connectivity index (χ1) is 15.8. The minimum atomic E-state index is -0.127. The number of H-pyrrole nitrogens is 2. The maximum Gasteiger partial charge on any atom is 0.260 e. The second-order valence-electron chi connectivity index (χ2n) is 8.03. The molecule has 0 spiro atoms. The number of anilines is 2. The van der Waals surface area contributed by atoms with Crippen LogP contribution in [-0.2, 0) is 0 Å². The molecule has 158 valence electrons. The van der Waals surface area contributed by atoms with Crippen molar-refractivity contribution in [2.24, 2.45) is 0 Å². The molecule has 6 rings (SSSR count). The summed E-state index contributed by atoms with van der Waals surface area (Å²) in [5, 5.41) is 0. The molecule has 0 unspecified atom stereocenters. The van der Waals surface area contributed by atoms with Gasteiger partial charge < -0.3 is 19.8 Å². The van der Waals surface area contributed by atoms with Crippen LogP contribution >= 0.6 is 0 Å². The van der Waals surface area contributed by atoms with E-state index in [4.69, 9.17) is 4.98 Å². The van der Waals surface area contributed by atoms with Gasteiger partial charge in [0.05, 0.1) is 16.6 Å². The zero-order chi connectivity index (χ0) is 21.5. The summed E-state index contributed by atoms with van der Waals surface area (Å²) in [5.41, 5.74) is 6.30. The predicted octanol–water partition coefficient (Wildman–Crippen LogP) is 3.74. The molecule has 1 fully saturated rings. The van der Waals surface area contributed by atoms with Gasteiger partial charge >= 0.3 is 0 Å². The Balaban J connectivity index is 1.28. The molecule has 0 saturated carbocycles. The molecule has 0 amide bonds. The fourth-order valence-electron chi connectivity index (χ4n) is 4.51. The summed E-state index contributed by atoms with van der Waals surface area (Å²) in [6, 6.07) is 20.0. The maximum absolute atomic E-state index is 12.6. The molecule has 2 aliphatic heterocycles. The average molecular weight is 422 g/mol. The summed E-state index contributed by atoms with van der Waals surface area (Å²) in [5.74, 6) is 0.599. The number of piperazine rings is 1. The van der Waals surface area contributed by atoms with Crippen molar-refractivity contribution >= 4 is 22.4 Å². The van der Waals surface area contributed by atoms with Crippen molar-refractivity contribution in [3.8, 4) is 22.6 Å². The number of aromatic nitrogens is 4. The number of hydrogen-bond acceptors (Lipinski definition) is 5. The van der Waals surface area contributed by atoms with E-state index < -0.39 is 0 Å². The van der Waals surface area contributed by atoms with Gasteiger partial charge in [0, 0.05) is 61.2 Å². The Hall–Kier alpha value is -4.13. The van der Waals surface area contributed by atoms with Crippen LogP contribution in [-0.4, -0.2) is 46.1 Å². The first kappa shape index (κ1) is 18.6. The molecule has 4 heterocycles. The summed E-state index contributed by atoms with van der Waals surface area (Å²) in [7, 11) is 0. The highest BCUT2D eigenvalue weighted by Crippen LogP contribution is 2.30. The summed E-state index contributed by atoms with van der Waals surface area (Å²) in [6.45, 7) is 3.81. The number of hydrogen-bond donors (Lipinski definition) is 2. The van der Waals surface area contributed by atoms with Crippen LogP contribution in [0.15, 0.2) is 77.9 Å². The molecule has 3 aromatic rings. The first-order valence-corrected chi connectivity index (χ1v) is 10.8. The van der Waals surface area contributed by atoms with Crippen LogP contribution in [0.1, 0.15) is 0 Å². The van der Waals surface area contributed by atoms with E-state index in [-0.39, 0.29) is 5.56 Å². The molecule has 2 N–H and O–H groups in total. The molecule has 1 aromatic carbocycles. The Morgan fingerprint density at radius 3 is 2.34 bits per heavy atom. The van der Waals surface area contributed by atoms with Crippen LogP contribution in [0.5, 0.6) is 0 Å². The van der Waals surface area contributed by atoms with Crippen molar-refractivity contribution in [1.82, 2.24) is 19.9 Å². The van der Waals surface area contributed by atoms with Gasteiger partial charge in [-0.1, -0.05) is 24.3 Å². The van der Waals surface area contributed by atoms with Gasteiger partial charge in [-0.3, -0.25) is 9.78 Å². The number of rotatable bonds is 3. The number of fused-ring (bicyclic) bond motifs is 2. The number of nitrogens with one attached hydrogen (secondary N) is 2. The average Bonchev–Trinajstić information content (AvgIpc) is 3.30. The van der Waals surface area contributed by atoms with Crippen LogP contribution in [0, 0.1) is 0 Å². The number of aromatic amines is 2. The monoisotopic (exact) mass is 422 g/mol. The van der Waals surface area contributed by atoms with Crippen molar-refractivity contribution in [3.63, 3.8) is 0 Å². The number of imidazole rings is 1. The molecule has 7 nitrogen and oxygen atoms in total. The molecule has 0 radical (unpaired) electrons. The van der Waals surface area contributed by atoms with E-state index in [1.54, 1.807) is 0 Å². The van der Waals surface area contributed by atoms with E-state index in [0.717, 1.165) is 54.2 Å². The van der Waals surface area contributed by atoms with E-state index >= 15 is 0 Å². The fraction of sp³-hybridized carbons (Fsp3) is 0.160. The predicted molar refractivity (Wildman–Crippen MR) is 127 cm³/mol. The van der Waals surface area contributed by atoms with Gasteiger partial charge in [0.15, 0.2) is 0 Å². The summed E-state index contributed by atoms with van der Waals surface area (Å²) >= 11 is 0. The lowest BCUT2D eigenvalue weighted by Crippen LogP contribution is -2.46. The van der Waals surface area contributed by atoms with Gasteiger partial charge in [0.1, 0.15) is 5.82 Å². The molecule has 0 bridgehead atoms. The van der Waals surface area contributed by atoms with Crippen molar-refractivity contribution in [2.45, 2.75) is 0 Å². The molecule has 2 aromatic heterocycles. The fourth-order valence-corrected chi connectivity index (χ4v) is 4.51. The van der Waals surface area contributed by atoms with Gasteiger partial charge in [-0.15, -0.1) is 0 Å². The zero-order valence-electron chi connectivity index (χ0n) is 17.5. The van der Waals surface area contributed by atoms with Crippen LogP contribution in [0.25, 0.3) is 33.7 Å². The summed E-state index contributed by atoms with van der Waals surface area (Å²) < 4.78 is 0. The van der Waals surface area contributed by atoms with Crippen molar-refractivity contribution < 1.29 is 0 Å². The molecule has 3 aliphatic rings. The quantitative estimate of drug-likeness (QED) is 0.463. The third-order valence-electron chi connectivity index (χ3n) is 6.16. The summed E-state index contributed by atoms with van der Waals surface area (Å²) in [4.78, 5) is 32.6. The lowest BCUT2D eigenvalue weighted by Gasteiger charge is -2.37. The second kappa shape index (κ2) is 7.53. The first-order valence-electron chi connectivity index (χ1n) is 10.8. The van der Waals surface area contributed by atoms with Crippen LogP contribution < -0.4 is 15.4 Å². The molecule has 0 atom stereocenters. The SMILES string of the molecule is O=c1[nH]c2cccccc-2c1-c1nc2ccc(N3CCN(c4ccncc4)CC3)cc2[nH]1. The number of benzene rings is 1. The van der Waals surface area contributed by atoms with Crippen molar-refractivity contribution in [2.75, 3.05) is 36.0 Å². The molecular weight excluding hydrogens is 400 g/mol. The Kier molecular flexibility index (Phi) is 4.38. The van der Waals surface area contributed by atoms with E-state index in [1.807, 2.05) is 48.8 Å². The highest BCUT2D eigenvalue weighted by Gasteiger charge is 2.20. The van der Waals surface area contributed by atoms with Gasteiger partial charge in [-0.25, -0.2) is 4.98 Å². The Morgan fingerprint density at radius 1 is 0.781 bits per heavy atom. The smallest absolute Gasteiger partial charge is 0.260 e. The molecule has 7 heteroatoms. The highest BCUT2D eigenvalue weighted by molar-refractivity contribution is 5.87. The Morgan fingerprint density at radius 2 is 1.53 bits per heavy atom. The maximum atomic E-state index is 12.6. The zero-order valence-corrected chi connectivity index (χ0v) is 17.5. The lowest BCUT2D eigenvalue weighted by atomic mass is 10.1. The topological polar surface area (TPSA) is 80.9 Å². The normalized spacial score (nSPS) is 14.4. The second-order valence-corrected chi connectivity index (χ2v) is 8.03.